The first-order valence-electron chi connectivity index (χ1n) is 5.04. The minimum atomic E-state index is -3.23. The summed E-state index contributed by atoms with van der Waals surface area (Å²) in [5.74, 6) is 0. The van der Waals surface area contributed by atoms with E-state index in [-0.39, 0.29) is 0 Å². The van der Waals surface area contributed by atoms with Crippen molar-refractivity contribution in [1.82, 2.24) is 0 Å². The van der Waals surface area contributed by atoms with Crippen molar-refractivity contribution in [1.29, 1.82) is 0 Å². The van der Waals surface area contributed by atoms with E-state index in [0.29, 0.717) is 4.90 Å². The van der Waals surface area contributed by atoms with Crippen molar-refractivity contribution in [3.63, 3.8) is 0 Å². The van der Waals surface area contributed by atoms with Crippen LogP contribution in [0.3, 0.4) is 0 Å². The Bertz CT molecular complexity index is 511. The molecule has 0 heterocycles. The number of benzene rings is 1. The normalized spacial score (nSPS) is 14.8. The lowest BCUT2D eigenvalue weighted by Gasteiger charge is -2.17. The van der Waals surface area contributed by atoms with Crippen LogP contribution in [0, 0.1) is 0 Å². The number of nitrogens with two attached hydrogens (primary N) is 1. The van der Waals surface area contributed by atoms with Crippen LogP contribution >= 0.6 is 0 Å². The second kappa shape index (κ2) is 4.85. The fraction of sp³-hybridized carbons (Fsp3) is 0.364. The molecule has 1 amide bonds. The number of carbonyl (C=O) groups excluding carboxylic acids is 1. The van der Waals surface area contributed by atoms with Gasteiger partial charge in [0.05, 0.1) is 4.90 Å². The highest BCUT2D eigenvalue weighted by Crippen LogP contribution is 2.12. The monoisotopic (exact) mass is 256 g/mol. The summed E-state index contributed by atoms with van der Waals surface area (Å²) in [4.78, 5) is 11.7. The molecule has 1 rings (SSSR count). The van der Waals surface area contributed by atoms with Gasteiger partial charge in [0.15, 0.2) is 0 Å². The Kier molecular flexibility index (Phi) is 3.90. The van der Waals surface area contributed by atoms with E-state index in [1.807, 2.05) is 0 Å². The van der Waals surface area contributed by atoms with Crippen LogP contribution < -0.4 is 5.14 Å². The van der Waals surface area contributed by atoms with Gasteiger partial charge in [0.25, 0.3) is 0 Å². The molecule has 1 unspecified atom stereocenters. The molecule has 0 spiro atoms. The lowest BCUT2D eigenvalue weighted by molar-refractivity contribution is 0.0607. The standard InChI is InChI=1S/C11H16N2O3S/c1-11(2,3)16-10(14)13-17(12,15)9-7-5-4-6-8-9/h4-8H,1-3H3,(H2,12,13,14,15). The molecule has 0 aliphatic rings. The zero-order chi connectivity index (χ0) is 13.1. The summed E-state index contributed by atoms with van der Waals surface area (Å²) in [6, 6.07) is 8.21. The van der Waals surface area contributed by atoms with Gasteiger partial charge in [-0.25, -0.2) is 14.1 Å². The van der Waals surface area contributed by atoms with E-state index < -0.39 is 21.6 Å². The Hall–Kier alpha value is -1.40. The molecule has 0 aliphatic heterocycles. The van der Waals surface area contributed by atoms with Crippen LogP contribution in [0.5, 0.6) is 0 Å². The van der Waals surface area contributed by atoms with E-state index in [9.17, 15) is 9.00 Å². The zero-order valence-corrected chi connectivity index (χ0v) is 10.9. The first-order valence-corrected chi connectivity index (χ1v) is 6.61. The summed E-state index contributed by atoms with van der Waals surface area (Å²) in [5, 5.41) is 5.52. The van der Waals surface area contributed by atoms with Crippen molar-refractivity contribution in [3.8, 4) is 0 Å². The maximum absolute atomic E-state index is 12.0. The lowest BCUT2D eigenvalue weighted by atomic mass is 10.2. The summed E-state index contributed by atoms with van der Waals surface area (Å²) in [7, 11) is -3.23. The zero-order valence-electron chi connectivity index (χ0n) is 10.0. The van der Waals surface area contributed by atoms with Crippen molar-refractivity contribution in [2.75, 3.05) is 0 Å². The smallest absolute Gasteiger partial charge is 0.442 e. The fourth-order valence-electron chi connectivity index (χ4n) is 1.06. The molecule has 1 aromatic rings. The molecule has 5 nitrogen and oxygen atoms in total. The lowest BCUT2D eigenvalue weighted by Crippen LogP contribution is -2.24. The summed E-state index contributed by atoms with van der Waals surface area (Å²) in [6.45, 7) is 5.09. The Morgan fingerprint density at radius 3 is 2.29 bits per heavy atom. The van der Waals surface area contributed by atoms with Gasteiger partial charge in [0.1, 0.15) is 15.5 Å². The molecule has 0 fully saturated rings. The van der Waals surface area contributed by atoms with E-state index in [2.05, 4.69) is 4.36 Å². The van der Waals surface area contributed by atoms with Gasteiger partial charge < -0.3 is 4.74 Å². The second-order valence-corrected chi connectivity index (χ2v) is 6.24. The number of carbonyl (C=O) groups is 1. The first kappa shape index (κ1) is 13.7. The van der Waals surface area contributed by atoms with Gasteiger partial charge in [0.2, 0.25) is 0 Å². The molecule has 1 aromatic carbocycles. The van der Waals surface area contributed by atoms with E-state index >= 15 is 0 Å². The molecule has 6 heteroatoms. The average Bonchev–Trinajstić information content (AvgIpc) is 2.15. The van der Waals surface area contributed by atoms with Gasteiger partial charge in [-0.3, -0.25) is 0 Å². The van der Waals surface area contributed by atoms with Crippen molar-refractivity contribution in [2.45, 2.75) is 31.3 Å². The molecule has 0 aromatic heterocycles. The van der Waals surface area contributed by atoms with Crippen molar-refractivity contribution in [3.05, 3.63) is 30.3 Å². The number of ether oxygens (including phenoxy) is 1. The van der Waals surface area contributed by atoms with E-state index in [1.54, 1.807) is 51.1 Å². The fourth-order valence-corrected chi connectivity index (χ4v) is 1.97. The van der Waals surface area contributed by atoms with Crippen molar-refractivity contribution in [2.24, 2.45) is 9.50 Å². The maximum atomic E-state index is 12.0. The number of nitrogens with zero attached hydrogens (tertiary/aromatic N) is 1. The van der Waals surface area contributed by atoms with Crippen LogP contribution in [0.25, 0.3) is 0 Å². The maximum Gasteiger partial charge on any atom is 0.443 e. The van der Waals surface area contributed by atoms with Crippen molar-refractivity contribution < 1.29 is 13.7 Å². The first-order chi connectivity index (χ1) is 7.71. The van der Waals surface area contributed by atoms with Gasteiger partial charge in [-0.15, -0.1) is 4.36 Å². The van der Waals surface area contributed by atoms with Crippen LogP contribution in [-0.2, 0) is 14.7 Å². The summed E-state index contributed by atoms with van der Waals surface area (Å²) < 4.78 is 20.3. The third-order valence-corrected chi connectivity index (χ3v) is 3.05. The molecule has 1 atom stereocenters. The van der Waals surface area contributed by atoms with Crippen LogP contribution in [0.15, 0.2) is 39.6 Å². The Morgan fingerprint density at radius 2 is 1.82 bits per heavy atom. The highest BCUT2D eigenvalue weighted by Gasteiger charge is 2.18. The molecule has 94 valence electrons. The Morgan fingerprint density at radius 1 is 1.29 bits per heavy atom. The van der Waals surface area contributed by atoms with Gasteiger partial charge in [-0.05, 0) is 32.9 Å². The van der Waals surface area contributed by atoms with Crippen LogP contribution in [-0.4, -0.2) is 15.9 Å². The Labute approximate surface area is 101 Å². The summed E-state index contributed by atoms with van der Waals surface area (Å²) in [5.41, 5.74) is -0.688. The minimum Gasteiger partial charge on any atom is -0.442 e. The molecule has 0 radical (unpaired) electrons. The molecule has 0 bridgehead atoms. The quantitative estimate of drug-likeness (QED) is 0.837. The highest BCUT2D eigenvalue weighted by molar-refractivity contribution is 7.91. The second-order valence-electron chi connectivity index (χ2n) is 4.45. The van der Waals surface area contributed by atoms with E-state index in [4.69, 9.17) is 9.88 Å². The van der Waals surface area contributed by atoms with Gasteiger partial charge in [-0.2, -0.15) is 0 Å². The van der Waals surface area contributed by atoms with Crippen molar-refractivity contribution >= 4 is 16.0 Å². The van der Waals surface area contributed by atoms with Crippen LogP contribution in [0.1, 0.15) is 20.8 Å². The molecule has 0 saturated heterocycles. The molecular weight excluding hydrogens is 240 g/mol. The topological polar surface area (TPSA) is 81.8 Å². The van der Waals surface area contributed by atoms with Gasteiger partial charge >= 0.3 is 6.09 Å². The molecule has 17 heavy (non-hydrogen) atoms. The van der Waals surface area contributed by atoms with E-state index in [1.165, 1.54) is 0 Å². The number of amides is 1. The molecule has 0 saturated carbocycles. The summed E-state index contributed by atoms with van der Waals surface area (Å²) in [6.07, 6.45) is -0.922. The third kappa shape index (κ3) is 4.54. The SMILES string of the molecule is CC(C)(C)OC(=O)N=S(N)(=O)c1ccccc1. The van der Waals surface area contributed by atoms with Gasteiger partial charge in [-0.1, -0.05) is 18.2 Å². The summed E-state index contributed by atoms with van der Waals surface area (Å²) >= 11 is 0. The largest absolute Gasteiger partial charge is 0.443 e. The minimum absolute atomic E-state index is 0.297. The average molecular weight is 256 g/mol. The molecule has 0 aliphatic carbocycles. The number of rotatable bonds is 1. The number of hydrogen-bond donors (Lipinski definition) is 1. The predicted molar refractivity (Wildman–Crippen MR) is 65.7 cm³/mol. The highest BCUT2D eigenvalue weighted by atomic mass is 32.2. The van der Waals surface area contributed by atoms with E-state index in [0.717, 1.165) is 0 Å². The third-order valence-electron chi connectivity index (χ3n) is 1.68. The van der Waals surface area contributed by atoms with Gasteiger partial charge in [0, 0.05) is 0 Å². The van der Waals surface area contributed by atoms with Crippen LogP contribution in [0.2, 0.25) is 0 Å². The van der Waals surface area contributed by atoms with Crippen LogP contribution in [0.4, 0.5) is 4.79 Å². The molecule has 2 N–H and O–H groups in total. The molecular formula is C11H16N2O3S. The number of hydrogen-bond acceptors (Lipinski definition) is 3. The Balaban J connectivity index is 2.99. The predicted octanol–water partition coefficient (Wildman–Crippen LogP) is 2.32.